The molecule has 1 heterocycles. The van der Waals surface area contributed by atoms with E-state index >= 15 is 0 Å². The van der Waals surface area contributed by atoms with Gasteiger partial charge >= 0.3 is 0 Å². The average Bonchev–Trinajstić information content (AvgIpc) is 2.37. The number of rotatable bonds is 4. The summed E-state index contributed by atoms with van der Waals surface area (Å²) in [5.74, 6) is 0.425. The first-order chi connectivity index (χ1) is 8.60. The number of pyridine rings is 1. The lowest BCUT2D eigenvalue weighted by Gasteiger charge is -2.11. The second-order valence-corrected chi connectivity index (χ2v) is 4.27. The molecule has 0 N–H and O–H groups in total. The van der Waals surface area contributed by atoms with Gasteiger partial charge in [0.2, 0.25) is 0 Å². The first-order valence-corrected chi connectivity index (χ1v) is 5.82. The molecule has 3 nitrogen and oxygen atoms in total. The van der Waals surface area contributed by atoms with E-state index in [1.165, 1.54) is 6.07 Å². The zero-order chi connectivity index (χ0) is 13.1. The Kier molecular flexibility index (Phi) is 3.77. The molecule has 0 bridgehead atoms. The van der Waals surface area contributed by atoms with Crippen molar-refractivity contribution in [2.45, 2.75) is 20.0 Å². The van der Waals surface area contributed by atoms with Crippen molar-refractivity contribution in [3.05, 3.63) is 35.8 Å². The molecule has 96 valence electrons. The number of nitrogens with zero attached hydrogens (tertiary/aromatic N) is 1. The molecule has 0 spiro atoms. The van der Waals surface area contributed by atoms with Crippen LogP contribution in [0.1, 0.15) is 12.6 Å². The summed E-state index contributed by atoms with van der Waals surface area (Å²) < 4.78 is 24.0. The van der Waals surface area contributed by atoms with Gasteiger partial charge in [-0.2, -0.15) is 0 Å². The lowest BCUT2D eigenvalue weighted by molar-refractivity contribution is 0.0717. The molecule has 0 unspecified atom stereocenters. The molecule has 1 atom stereocenters. The van der Waals surface area contributed by atoms with Crippen LogP contribution in [0.25, 0.3) is 10.9 Å². The summed E-state index contributed by atoms with van der Waals surface area (Å²) in [7, 11) is 1.64. The van der Waals surface area contributed by atoms with Crippen LogP contribution < -0.4 is 4.74 Å². The van der Waals surface area contributed by atoms with E-state index in [9.17, 15) is 4.39 Å². The Labute approximate surface area is 106 Å². The number of methoxy groups -OCH3 is 1. The number of halogens is 1. The number of aromatic nitrogens is 1. The number of fused-ring (bicyclic) bond motifs is 1. The van der Waals surface area contributed by atoms with Gasteiger partial charge in [-0.05, 0) is 32.0 Å². The second kappa shape index (κ2) is 5.31. The highest BCUT2D eigenvalue weighted by Crippen LogP contribution is 2.21. The normalized spacial score (nSPS) is 12.7. The molecular weight excluding hydrogens is 233 g/mol. The van der Waals surface area contributed by atoms with Crippen LogP contribution in [-0.2, 0) is 4.74 Å². The Morgan fingerprint density at radius 3 is 2.83 bits per heavy atom. The number of hydrogen-bond acceptors (Lipinski definition) is 3. The van der Waals surface area contributed by atoms with E-state index in [0.717, 1.165) is 10.9 Å². The van der Waals surface area contributed by atoms with Crippen molar-refractivity contribution in [1.82, 2.24) is 4.98 Å². The number of benzene rings is 1. The van der Waals surface area contributed by atoms with E-state index in [-0.39, 0.29) is 11.9 Å². The predicted molar refractivity (Wildman–Crippen MR) is 68.4 cm³/mol. The second-order valence-electron chi connectivity index (χ2n) is 4.27. The Morgan fingerprint density at radius 1 is 1.33 bits per heavy atom. The van der Waals surface area contributed by atoms with Crippen LogP contribution in [0, 0.1) is 12.7 Å². The third-order valence-electron chi connectivity index (χ3n) is 2.80. The van der Waals surface area contributed by atoms with Gasteiger partial charge < -0.3 is 9.47 Å². The van der Waals surface area contributed by atoms with Gasteiger partial charge in [0.1, 0.15) is 18.2 Å². The highest BCUT2D eigenvalue weighted by atomic mass is 19.1. The molecule has 2 aromatic rings. The highest BCUT2D eigenvalue weighted by Gasteiger charge is 2.05. The van der Waals surface area contributed by atoms with Gasteiger partial charge in [0.05, 0.1) is 17.3 Å². The molecule has 4 heteroatoms. The molecule has 0 amide bonds. The zero-order valence-corrected chi connectivity index (χ0v) is 10.7. The fourth-order valence-electron chi connectivity index (χ4n) is 1.59. The largest absolute Gasteiger partial charge is 0.491 e. The minimum absolute atomic E-state index is 0.0311. The maximum Gasteiger partial charge on any atom is 0.145 e. The van der Waals surface area contributed by atoms with Crippen molar-refractivity contribution >= 4 is 10.9 Å². The van der Waals surface area contributed by atoms with Gasteiger partial charge in [-0.1, -0.05) is 0 Å². The first kappa shape index (κ1) is 12.8. The van der Waals surface area contributed by atoms with Crippen LogP contribution >= 0.6 is 0 Å². The molecule has 0 fully saturated rings. The number of ether oxygens (including phenoxy) is 2. The molecule has 0 aliphatic rings. The van der Waals surface area contributed by atoms with Crippen molar-refractivity contribution in [1.29, 1.82) is 0 Å². The van der Waals surface area contributed by atoms with E-state index in [1.54, 1.807) is 26.2 Å². The van der Waals surface area contributed by atoms with Gasteiger partial charge in [-0.15, -0.1) is 0 Å². The Morgan fingerprint density at radius 2 is 2.11 bits per heavy atom. The number of hydrogen-bond donors (Lipinski definition) is 0. The van der Waals surface area contributed by atoms with E-state index < -0.39 is 0 Å². The van der Waals surface area contributed by atoms with E-state index in [2.05, 4.69) is 4.98 Å². The summed E-state index contributed by atoms with van der Waals surface area (Å²) in [5, 5.41) is 0.769. The quantitative estimate of drug-likeness (QED) is 0.834. The monoisotopic (exact) mass is 249 g/mol. The summed E-state index contributed by atoms with van der Waals surface area (Å²) in [5.41, 5.74) is 1.13. The first-order valence-electron chi connectivity index (χ1n) is 5.82. The van der Waals surface area contributed by atoms with Crippen LogP contribution in [0.3, 0.4) is 0 Å². The van der Waals surface area contributed by atoms with Crippen LogP contribution in [0.5, 0.6) is 5.75 Å². The Hall–Kier alpha value is -1.68. The average molecular weight is 249 g/mol. The van der Waals surface area contributed by atoms with E-state index in [0.29, 0.717) is 18.1 Å². The molecule has 0 aliphatic heterocycles. The van der Waals surface area contributed by atoms with Gasteiger partial charge in [0.15, 0.2) is 0 Å². The third-order valence-corrected chi connectivity index (χ3v) is 2.80. The predicted octanol–water partition coefficient (Wildman–Crippen LogP) is 3.10. The lowest BCUT2D eigenvalue weighted by Crippen LogP contribution is -2.15. The molecule has 1 aromatic heterocycles. The fraction of sp³-hybridized carbons (Fsp3) is 0.357. The molecule has 2 rings (SSSR count). The molecule has 1 aromatic carbocycles. The summed E-state index contributed by atoms with van der Waals surface area (Å²) in [6.45, 7) is 4.05. The van der Waals surface area contributed by atoms with Crippen molar-refractivity contribution in [3.63, 3.8) is 0 Å². The van der Waals surface area contributed by atoms with Gasteiger partial charge in [-0.25, -0.2) is 9.37 Å². The SMILES string of the molecule is CO[C@H](C)COc1ccc2cc(F)c(C)nc2c1. The fourth-order valence-corrected chi connectivity index (χ4v) is 1.59. The van der Waals surface area contributed by atoms with Crippen LogP contribution in [0.4, 0.5) is 4.39 Å². The van der Waals surface area contributed by atoms with E-state index in [4.69, 9.17) is 9.47 Å². The van der Waals surface area contributed by atoms with Crippen molar-refractivity contribution in [3.8, 4) is 5.75 Å². The molecular formula is C14H16FNO2. The van der Waals surface area contributed by atoms with Crippen molar-refractivity contribution < 1.29 is 13.9 Å². The highest BCUT2D eigenvalue weighted by molar-refractivity contribution is 5.80. The van der Waals surface area contributed by atoms with Crippen molar-refractivity contribution in [2.24, 2.45) is 0 Å². The molecule has 18 heavy (non-hydrogen) atoms. The zero-order valence-electron chi connectivity index (χ0n) is 10.7. The minimum atomic E-state index is -0.288. The van der Waals surface area contributed by atoms with Crippen molar-refractivity contribution in [2.75, 3.05) is 13.7 Å². The minimum Gasteiger partial charge on any atom is -0.491 e. The summed E-state index contributed by atoms with van der Waals surface area (Å²) in [6, 6.07) is 6.90. The van der Waals surface area contributed by atoms with Crippen LogP contribution in [-0.4, -0.2) is 24.8 Å². The van der Waals surface area contributed by atoms with Gasteiger partial charge in [-0.3, -0.25) is 0 Å². The molecule has 0 radical (unpaired) electrons. The molecule has 0 aliphatic carbocycles. The smallest absolute Gasteiger partial charge is 0.145 e. The molecule has 0 saturated carbocycles. The summed E-state index contributed by atoms with van der Waals surface area (Å²) in [4.78, 5) is 4.20. The Balaban J connectivity index is 2.24. The standard InChI is InChI=1S/C14H16FNO2/c1-9(17-3)8-18-12-5-4-11-6-13(15)10(2)16-14(11)7-12/h4-7,9H,8H2,1-3H3/t9-/m1/s1. The van der Waals surface area contributed by atoms with Crippen LogP contribution in [0.2, 0.25) is 0 Å². The summed E-state index contributed by atoms with van der Waals surface area (Å²) in [6.07, 6.45) is 0.0311. The third kappa shape index (κ3) is 2.76. The Bertz CT molecular complexity index is 557. The van der Waals surface area contributed by atoms with E-state index in [1.807, 2.05) is 13.0 Å². The van der Waals surface area contributed by atoms with Gasteiger partial charge in [0, 0.05) is 18.6 Å². The maximum atomic E-state index is 13.3. The van der Waals surface area contributed by atoms with Crippen LogP contribution in [0.15, 0.2) is 24.3 Å². The van der Waals surface area contributed by atoms with Gasteiger partial charge in [0.25, 0.3) is 0 Å². The topological polar surface area (TPSA) is 31.4 Å². The summed E-state index contributed by atoms with van der Waals surface area (Å²) >= 11 is 0. The lowest BCUT2D eigenvalue weighted by atomic mass is 10.2. The molecule has 0 saturated heterocycles. The number of aryl methyl sites for hydroxylation is 1. The maximum absolute atomic E-state index is 13.3.